The monoisotopic (exact) mass is 432 g/mol. The van der Waals surface area contributed by atoms with Crippen molar-refractivity contribution in [1.29, 1.82) is 0 Å². The van der Waals surface area contributed by atoms with E-state index in [9.17, 15) is 15.0 Å². The van der Waals surface area contributed by atoms with Crippen molar-refractivity contribution in [2.24, 2.45) is 4.99 Å². The van der Waals surface area contributed by atoms with E-state index >= 15 is 0 Å². The summed E-state index contributed by atoms with van der Waals surface area (Å²) in [5.41, 5.74) is 3.94. The van der Waals surface area contributed by atoms with Gasteiger partial charge in [0, 0.05) is 35.8 Å². The average Bonchev–Trinajstić information content (AvgIpc) is 3.29. The molecule has 0 aliphatic carbocycles. The molecule has 164 valence electrons. The first kappa shape index (κ1) is 21.3. The number of allylic oxidation sites excluding steroid dienone is 1. The molecule has 0 amide bonds. The van der Waals surface area contributed by atoms with Gasteiger partial charge in [0.05, 0.1) is 0 Å². The van der Waals surface area contributed by atoms with Gasteiger partial charge in [-0.2, -0.15) is 0 Å². The summed E-state index contributed by atoms with van der Waals surface area (Å²) in [7, 11) is 4.05. The van der Waals surface area contributed by atoms with Crippen LogP contribution in [0, 0.1) is 6.92 Å². The predicted molar refractivity (Wildman–Crippen MR) is 124 cm³/mol. The van der Waals surface area contributed by atoms with Crippen molar-refractivity contribution in [3.63, 3.8) is 0 Å². The van der Waals surface area contributed by atoms with Crippen LogP contribution in [0.3, 0.4) is 0 Å². The molecule has 1 aliphatic rings. The van der Waals surface area contributed by atoms with Crippen molar-refractivity contribution in [3.05, 3.63) is 64.5 Å². The first-order valence-corrected chi connectivity index (χ1v) is 10.1. The molecule has 0 unspecified atom stereocenters. The van der Waals surface area contributed by atoms with Crippen LogP contribution in [0.2, 0.25) is 0 Å². The van der Waals surface area contributed by atoms with Gasteiger partial charge in [0.1, 0.15) is 0 Å². The Morgan fingerprint density at radius 1 is 1.28 bits per heavy atom. The molecule has 3 aromatic rings. The smallest absolute Gasteiger partial charge is 0.345 e. The topological polar surface area (TPSA) is 111 Å². The zero-order valence-corrected chi connectivity index (χ0v) is 18.1. The van der Waals surface area contributed by atoms with Crippen molar-refractivity contribution in [3.8, 4) is 5.75 Å². The number of aromatic hydroxyl groups is 1. The lowest BCUT2D eigenvalue weighted by Crippen LogP contribution is -2.15. The minimum Gasteiger partial charge on any atom is -0.504 e. The van der Waals surface area contributed by atoms with Crippen LogP contribution in [0.1, 0.15) is 32.8 Å². The van der Waals surface area contributed by atoms with Crippen LogP contribution in [0.5, 0.6) is 5.75 Å². The van der Waals surface area contributed by atoms with Crippen LogP contribution >= 0.6 is 0 Å². The van der Waals surface area contributed by atoms with Crippen LogP contribution < -0.4 is 5.32 Å². The summed E-state index contributed by atoms with van der Waals surface area (Å²) in [6, 6.07) is 9.56. The Labute approximate surface area is 185 Å². The van der Waals surface area contributed by atoms with Crippen LogP contribution in [0.4, 0.5) is 17.4 Å². The molecule has 0 saturated heterocycles. The Morgan fingerprint density at radius 3 is 2.81 bits per heavy atom. The molecule has 1 aromatic carbocycles. The number of hydrogen-bond donors (Lipinski definition) is 3. The highest BCUT2D eigenvalue weighted by Gasteiger charge is 2.26. The number of anilines is 2. The Morgan fingerprint density at radius 2 is 2.09 bits per heavy atom. The Balaban J connectivity index is 1.65. The zero-order valence-electron chi connectivity index (χ0n) is 18.1. The van der Waals surface area contributed by atoms with E-state index in [1.54, 1.807) is 24.6 Å². The first-order chi connectivity index (χ1) is 15.3. The first-order valence-electron chi connectivity index (χ1n) is 10.1. The molecule has 2 aromatic heterocycles. The standard InChI is InChI=1S/C24H24N4O4/c1-14-11-15(8-10-28(2)3)6-7-18(14)27-23-20(24(30)31)21(29)19(32-23)12-16-13-26-22-17(16)5-4-9-25-22/h4-7,9,11-13,27,29H,8,10H2,1-3H3,(H,30,31). The maximum Gasteiger partial charge on any atom is 0.345 e. The van der Waals surface area contributed by atoms with Gasteiger partial charge < -0.3 is 24.8 Å². The average molecular weight is 432 g/mol. The number of carboxylic acid groups (broad SMARTS) is 1. The molecular formula is C24H24N4O4. The van der Waals surface area contributed by atoms with E-state index in [4.69, 9.17) is 4.42 Å². The van der Waals surface area contributed by atoms with Crippen molar-refractivity contribution < 1.29 is 19.4 Å². The summed E-state index contributed by atoms with van der Waals surface area (Å²) in [5.74, 6) is -1.18. The third kappa shape index (κ3) is 4.26. The van der Waals surface area contributed by atoms with E-state index in [0.717, 1.165) is 24.1 Å². The number of likely N-dealkylation sites (N-methyl/N-ethyl adjacent to an activating group) is 1. The number of aromatic nitrogens is 1. The van der Waals surface area contributed by atoms with Crippen LogP contribution in [-0.4, -0.2) is 52.9 Å². The van der Waals surface area contributed by atoms with E-state index in [-0.39, 0.29) is 17.2 Å². The van der Waals surface area contributed by atoms with Gasteiger partial charge in [-0.3, -0.25) is 0 Å². The summed E-state index contributed by atoms with van der Waals surface area (Å²) >= 11 is 0. The van der Waals surface area contributed by atoms with Gasteiger partial charge >= 0.3 is 5.97 Å². The summed E-state index contributed by atoms with van der Waals surface area (Å²) in [4.78, 5) is 22.4. The third-order valence-electron chi connectivity index (χ3n) is 5.22. The van der Waals surface area contributed by atoms with Gasteiger partial charge in [-0.25, -0.2) is 14.8 Å². The molecule has 0 fully saturated rings. The maximum absolute atomic E-state index is 11.8. The SMILES string of the molecule is Cc1cc(CCN(C)C)ccc1Nc1oc(C=C2C=Nc3ncccc32)c(O)c1C(=O)O. The summed E-state index contributed by atoms with van der Waals surface area (Å²) in [6.45, 7) is 2.87. The molecule has 32 heavy (non-hydrogen) atoms. The second kappa shape index (κ2) is 8.68. The highest BCUT2D eigenvalue weighted by atomic mass is 16.4. The second-order valence-corrected chi connectivity index (χ2v) is 7.88. The number of carbonyl (C=O) groups is 1. The molecule has 0 radical (unpaired) electrons. The molecule has 8 nitrogen and oxygen atoms in total. The van der Waals surface area contributed by atoms with Gasteiger partial charge in [0.25, 0.3) is 0 Å². The number of hydrogen-bond acceptors (Lipinski definition) is 7. The third-order valence-corrected chi connectivity index (χ3v) is 5.22. The molecule has 0 saturated carbocycles. The number of carboxylic acids is 1. The molecule has 3 N–H and O–H groups in total. The molecule has 4 rings (SSSR count). The number of aliphatic imine (C=N–C) groups is 1. The molecule has 3 heterocycles. The van der Waals surface area contributed by atoms with Crippen molar-refractivity contribution in [1.82, 2.24) is 9.88 Å². The van der Waals surface area contributed by atoms with E-state index in [1.807, 2.05) is 39.2 Å². The van der Waals surface area contributed by atoms with E-state index in [2.05, 4.69) is 26.3 Å². The fourth-order valence-corrected chi connectivity index (χ4v) is 3.50. The van der Waals surface area contributed by atoms with Gasteiger partial charge in [0.2, 0.25) is 5.88 Å². The second-order valence-electron chi connectivity index (χ2n) is 7.88. The van der Waals surface area contributed by atoms with Crippen LogP contribution in [-0.2, 0) is 6.42 Å². The lowest BCUT2D eigenvalue weighted by Gasteiger charge is -2.12. The molecule has 0 spiro atoms. The number of furan rings is 1. The zero-order chi connectivity index (χ0) is 22.8. The number of rotatable bonds is 7. The Kier molecular flexibility index (Phi) is 5.79. The lowest BCUT2D eigenvalue weighted by atomic mass is 10.1. The lowest BCUT2D eigenvalue weighted by molar-refractivity contribution is 0.0695. The van der Waals surface area contributed by atoms with Crippen molar-refractivity contribution in [2.45, 2.75) is 13.3 Å². The predicted octanol–water partition coefficient (Wildman–Crippen LogP) is 4.49. The fraction of sp³-hybridized carbons (Fsp3) is 0.208. The number of fused-ring (bicyclic) bond motifs is 1. The largest absolute Gasteiger partial charge is 0.504 e. The van der Waals surface area contributed by atoms with Crippen LogP contribution in [0.25, 0.3) is 11.6 Å². The van der Waals surface area contributed by atoms with Gasteiger partial charge in [0.15, 0.2) is 22.9 Å². The van der Waals surface area contributed by atoms with Gasteiger partial charge in [-0.1, -0.05) is 12.1 Å². The number of pyridine rings is 1. The quantitative estimate of drug-likeness (QED) is 0.504. The highest BCUT2D eigenvalue weighted by Crippen LogP contribution is 2.39. The molecule has 1 aliphatic heterocycles. The van der Waals surface area contributed by atoms with E-state index < -0.39 is 11.7 Å². The van der Waals surface area contributed by atoms with Gasteiger partial charge in [-0.05, 0) is 62.8 Å². The summed E-state index contributed by atoms with van der Waals surface area (Å²) in [6.07, 6.45) is 5.71. The van der Waals surface area contributed by atoms with Crippen molar-refractivity contribution in [2.75, 3.05) is 26.0 Å². The molecule has 0 atom stereocenters. The van der Waals surface area contributed by atoms with Gasteiger partial charge in [-0.15, -0.1) is 0 Å². The number of benzene rings is 1. The Hall–Kier alpha value is -3.91. The number of nitrogens with zero attached hydrogens (tertiary/aromatic N) is 3. The molecule has 0 bridgehead atoms. The van der Waals surface area contributed by atoms with Crippen molar-refractivity contribution >= 4 is 41.2 Å². The minimum absolute atomic E-state index is 0.0308. The minimum atomic E-state index is -1.29. The number of aromatic carboxylic acids is 1. The fourth-order valence-electron chi connectivity index (χ4n) is 3.50. The van der Waals surface area contributed by atoms with Crippen LogP contribution in [0.15, 0.2) is 45.9 Å². The number of aryl methyl sites for hydroxylation is 1. The Bertz CT molecular complexity index is 1240. The summed E-state index contributed by atoms with van der Waals surface area (Å²) < 4.78 is 5.74. The molecular weight excluding hydrogens is 408 g/mol. The number of nitrogens with one attached hydrogen (secondary N) is 1. The normalized spacial score (nSPS) is 13.7. The maximum atomic E-state index is 11.8. The summed E-state index contributed by atoms with van der Waals surface area (Å²) in [5, 5.41) is 23.3. The highest BCUT2D eigenvalue weighted by molar-refractivity contribution is 6.21. The molecule has 8 heteroatoms. The van der Waals surface area contributed by atoms with E-state index in [0.29, 0.717) is 17.1 Å². The van der Waals surface area contributed by atoms with E-state index in [1.165, 1.54) is 5.56 Å².